The number of halogens is 1. The molecule has 0 aromatic heterocycles. The molecule has 33 heavy (non-hydrogen) atoms. The fourth-order valence-corrected chi connectivity index (χ4v) is 4.04. The van der Waals surface area contributed by atoms with Gasteiger partial charge in [0.2, 0.25) is 0 Å². The van der Waals surface area contributed by atoms with Crippen LogP contribution in [0.2, 0.25) is 0 Å². The van der Waals surface area contributed by atoms with Gasteiger partial charge in [0.05, 0.1) is 12.7 Å². The van der Waals surface area contributed by atoms with Crippen LogP contribution in [0.3, 0.4) is 0 Å². The molecule has 1 aliphatic rings. The molecular weight excluding hydrogens is 486 g/mol. The van der Waals surface area contributed by atoms with Crippen LogP contribution < -0.4 is 14.8 Å². The maximum Gasteiger partial charge on any atom is 0.262 e. The number of hydrogen-bond donors (Lipinski definition) is 1. The average Bonchev–Trinajstić information content (AvgIpc) is 3.05. The minimum absolute atomic E-state index is 0.108. The lowest BCUT2D eigenvalue weighted by Crippen LogP contribution is -2.20. The molecule has 0 unspecified atom stereocenters. The number of carbonyl (C=O) groups is 3. The van der Waals surface area contributed by atoms with Crippen molar-refractivity contribution in [3.8, 4) is 11.5 Å². The number of nitrogens with one attached hydrogen (secondary N) is 1. The van der Waals surface area contributed by atoms with Crippen molar-refractivity contribution in [2.24, 2.45) is 0 Å². The van der Waals surface area contributed by atoms with Gasteiger partial charge >= 0.3 is 0 Å². The molecule has 166 valence electrons. The summed E-state index contributed by atoms with van der Waals surface area (Å²) >= 11 is 3.39. The SMILES string of the molecule is COc1cc(C=C2C(=O)c3ccccc3C2=O)ccc1OCC(=O)Nc1ccc(Br)cc1C. The topological polar surface area (TPSA) is 81.7 Å². The van der Waals surface area contributed by atoms with Crippen molar-refractivity contribution in [2.75, 3.05) is 19.0 Å². The fourth-order valence-electron chi connectivity index (χ4n) is 3.56. The maximum absolute atomic E-state index is 12.6. The van der Waals surface area contributed by atoms with Crippen molar-refractivity contribution in [2.45, 2.75) is 6.92 Å². The number of methoxy groups -OCH3 is 1. The Balaban J connectivity index is 1.47. The van der Waals surface area contributed by atoms with Crippen molar-refractivity contribution >= 4 is 45.2 Å². The van der Waals surface area contributed by atoms with Crippen molar-refractivity contribution in [1.82, 2.24) is 0 Å². The number of rotatable bonds is 6. The number of allylic oxidation sites excluding steroid dienone is 1. The van der Waals surface area contributed by atoms with E-state index in [4.69, 9.17) is 9.47 Å². The van der Waals surface area contributed by atoms with Gasteiger partial charge in [-0.1, -0.05) is 46.3 Å². The molecule has 0 fully saturated rings. The molecule has 0 aliphatic heterocycles. The minimum Gasteiger partial charge on any atom is -0.493 e. The van der Waals surface area contributed by atoms with E-state index in [1.54, 1.807) is 48.5 Å². The third-order valence-electron chi connectivity index (χ3n) is 5.23. The monoisotopic (exact) mass is 505 g/mol. The molecule has 0 atom stereocenters. The van der Waals surface area contributed by atoms with E-state index < -0.39 is 0 Å². The summed E-state index contributed by atoms with van der Waals surface area (Å²) in [6.07, 6.45) is 1.54. The molecule has 0 bridgehead atoms. The summed E-state index contributed by atoms with van der Waals surface area (Å²) in [5, 5.41) is 2.81. The number of ketones is 2. The van der Waals surface area contributed by atoms with Crippen LogP contribution >= 0.6 is 15.9 Å². The van der Waals surface area contributed by atoms with Gasteiger partial charge in [-0.2, -0.15) is 0 Å². The molecule has 1 N–H and O–H groups in total. The van der Waals surface area contributed by atoms with Crippen LogP contribution in [0.5, 0.6) is 11.5 Å². The second kappa shape index (κ2) is 9.42. The highest BCUT2D eigenvalue weighted by Crippen LogP contribution is 2.32. The van der Waals surface area contributed by atoms with E-state index in [0.29, 0.717) is 33.9 Å². The summed E-state index contributed by atoms with van der Waals surface area (Å²) in [5.74, 6) is -0.153. The van der Waals surface area contributed by atoms with Crippen molar-refractivity contribution in [3.05, 3.63) is 93.0 Å². The molecule has 0 heterocycles. The summed E-state index contributed by atoms with van der Waals surface area (Å²) in [7, 11) is 1.48. The number of Topliss-reactive ketones (excluding diaryl/α,β-unsaturated/α-hetero) is 2. The summed E-state index contributed by atoms with van der Waals surface area (Å²) < 4.78 is 12.0. The van der Waals surface area contributed by atoms with Crippen LogP contribution in [-0.4, -0.2) is 31.2 Å². The molecule has 4 rings (SSSR count). The first-order chi connectivity index (χ1) is 15.9. The molecule has 0 spiro atoms. The molecule has 7 heteroatoms. The Kier molecular flexibility index (Phi) is 6.42. The summed E-state index contributed by atoms with van der Waals surface area (Å²) in [6.45, 7) is 1.69. The van der Waals surface area contributed by atoms with Gasteiger partial charge < -0.3 is 14.8 Å². The van der Waals surface area contributed by atoms with Crippen molar-refractivity contribution in [1.29, 1.82) is 0 Å². The van der Waals surface area contributed by atoms with E-state index in [0.717, 1.165) is 10.0 Å². The normalized spacial score (nSPS) is 12.4. The van der Waals surface area contributed by atoms with E-state index in [9.17, 15) is 14.4 Å². The predicted octanol–water partition coefficient (Wildman–Crippen LogP) is 5.25. The molecule has 6 nitrogen and oxygen atoms in total. The van der Waals surface area contributed by atoms with Crippen LogP contribution in [0.1, 0.15) is 31.8 Å². The van der Waals surface area contributed by atoms with Gasteiger partial charge in [0.1, 0.15) is 0 Å². The molecule has 1 aliphatic carbocycles. The molecule has 1 amide bonds. The Bertz CT molecular complexity index is 1270. The quantitative estimate of drug-likeness (QED) is 0.365. The third-order valence-corrected chi connectivity index (χ3v) is 5.72. The number of hydrogen-bond acceptors (Lipinski definition) is 5. The first-order valence-corrected chi connectivity index (χ1v) is 10.9. The van der Waals surface area contributed by atoms with Crippen LogP contribution in [0.4, 0.5) is 5.69 Å². The number of fused-ring (bicyclic) bond motifs is 1. The lowest BCUT2D eigenvalue weighted by Gasteiger charge is -2.12. The van der Waals surface area contributed by atoms with Gasteiger partial charge in [0, 0.05) is 21.3 Å². The van der Waals surface area contributed by atoms with E-state index in [1.165, 1.54) is 7.11 Å². The molecule has 0 radical (unpaired) electrons. The Morgan fingerprint density at radius 2 is 1.67 bits per heavy atom. The summed E-state index contributed by atoms with van der Waals surface area (Å²) in [4.78, 5) is 37.5. The third kappa shape index (κ3) is 4.73. The zero-order chi connectivity index (χ0) is 23.5. The van der Waals surface area contributed by atoms with Crippen LogP contribution in [0.25, 0.3) is 6.08 Å². The maximum atomic E-state index is 12.6. The van der Waals surface area contributed by atoms with Gasteiger partial charge in [-0.05, 0) is 54.5 Å². The van der Waals surface area contributed by atoms with Gasteiger partial charge in [0.15, 0.2) is 29.7 Å². The first kappa shape index (κ1) is 22.5. The lowest BCUT2D eigenvalue weighted by atomic mass is 10.1. The van der Waals surface area contributed by atoms with Gasteiger partial charge in [-0.15, -0.1) is 0 Å². The smallest absolute Gasteiger partial charge is 0.262 e. The second-order valence-electron chi connectivity index (χ2n) is 7.47. The lowest BCUT2D eigenvalue weighted by molar-refractivity contribution is -0.118. The van der Waals surface area contributed by atoms with E-state index in [-0.39, 0.29) is 29.7 Å². The minimum atomic E-state index is -0.311. The number of benzene rings is 3. The van der Waals surface area contributed by atoms with E-state index in [2.05, 4.69) is 21.2 Å². The Morgan fingerprint density at radius 1 is 0.970 bits per heavy atom. The number of ether oxygens (including phenoxy) is 2. The zero-order valence-corrected chi connectivity index (χ0v) is 19.6. The number of amides is 1. The standard InChI is InChI=1S/C26H20BrNO5/c1-15-11-17(27)8-9-21(15)28-24(29)14-33-22-10-7-16(13-23(22)32-2)12-20-25(30)18-5-3-4-6-19(18)26(20)31/h3-13H,14H2,1-2H3,(H,28,29). The molecule has 3 aromatic carbocycles. The Hall–Kier alpha value is -3.71. The van der Waals surface area contributed by atoms with Crippen LogP contribution in [0.15, 0.2) is 70.7 Å². The van der Waals surface area contributed by atoms with E-state index in [1.807, 2.05) is 25.1 Å². The number of carbonyl (C=O) groups excluding carboxylic acids is 3. The average molecular weight is 506 g/mol. The fraction of sp³-hybridized carbons (Fsp3) is 0.115. The molecule has 0 saturated heterocycles. The molecule has 3 aromatic rings. The van der Waals surface area contributed by atoms with Crippen LogP contribution in [0, 0.1) is 6.92 Å². The first-order valence-electron chi connectivity index (χ1n) is 10.1. The zero-order valence-electron chi connectivity index (χ0n) is 18.0. The van der Waals surface area contributed by atoms with E-state index >= 15 is 0 Å². The van der Waals surface area contributed by atoms with Crippen molar-refractivity contribution < 1.29 is 23.9 Å². The molecule has 0 saturated carbocycles. The number of anilines is 1. The summed E-state index contributed by atoms with van der Waals surface area (Å²) in [5.41, 5.74) is 3.16. The largest absolute Gasteiger partial charge is 0.493 e. The van der Waals surface area contributed by atoms with Gasteiger partial charge in [-0.3, -0.25) is 14.4 Å². The van der Waals surface area contributed by atoms with Crippen LogP contribution in [-0.2, 0) is 4.79 Å². The van der Waals surface area contributed by atoms with Crippen molar-refractivity contribution in [3.63, 3.8) is 0 Å². The highest BCUT2D eigenvalue weighted by Gasteiger charge is 2.32. The second-order valence-corrected chi connectivity index (χ2v) is 8.38. The Morgan fingerprint density at radius 3 is 2.30 bits per heavy atom. The highest BCUT2D eigenvalue weighted by molar-refractivity contribution is 9.10. The van der Waals surface area contributed by atoms with Gasteiger partial charge in [-0.25, -0.2) is 0 Å². The Labute approximate surface area is 199 Å². The predicted molar refractivity (Wildman–Crippen MR) is 129 cm³/mol. The summed E-state index contributed by atoms with van der Waals surface area (Å²) in [6, 6.07) is 17.3. The number of aryl methyl sites for hydroxylation is 1. The highest BCUT2D eigenvalue weighted by atomic mass is 79.9. The van der Waals surface area contributed by atoms with Gasteiger partial charge in [0.25, 0.3) is 5.91 Å². The molecular formula is C26H20BrNO5.